The Hall–Kier alpha value is -0.850. The fourth-order valence-electron chi connectivity index (χ4n) is 0.533. The predicted molar refractivity (Wildman–Crippen MR) is 40.4 cm³/mol. The normalized spacial score (nSPS) is 14.2. The molecule has 84 valence electrons. The lowest BCUT2D eigenvalue weighted by Crippen LogP contribution is -2.44. The van der Waals surface area contributed by atoms with E-state index in [1.165, 1.54) is 14.0 Å². The first kappa shape index (κ1) is 13.2. The molecule has 0 saturated heterocycles. The first-order chi connectivity index (χ1) is 6.31. The number of ether oxygens (including phenoxy) is 1. The molecule has 0 radical (unpaired) electrons. The number of carbonyl (C=O) groups is 1. The topological polar surface area (TPSA) is 38.3 Å². The summed E-state index contributed by atoms with van der Waals surface area (Å²) in [5.41, 5.74) is 0. The largest absolute Gasteiger partial charge is 0.372 e. The quantitative estimate of drug-likeness (QED) is 0.699. The van der Waals surface area contributed by atoms with Crippen molar-refractivity contribution in [3.05, 3.63) is 0 Å². The Bertz CT molecular complexity index is 198. The Morgan fingerprint density at radius 2 is 2.00 bits per heavy atom. The number of carbonyl (C=O) groups excluding carboxylic acids is 1. The van der Waals surface area contributed by atoms with Gasteiger partial charge in [-0.05, 0) is 6.92 Å². The van der Waals surface area contributed by atoms with Crippen molar-refractivity contribution >= 4 is 5.91 Å². The molecule has 0 bridgehead atoms. The monoisotopic (exact) mass is 217 g/mol. The Labute approximate surface area is 78.4 Å². The van der Waals surface area contributed by atoms with Crippen LogP contribution in [-0.4, -0.2) is 38.0 Å². The summed E-state index contributed by atoms with van der Waals surface area (Å²) in [6.07, 6.45) is -4.73. The molecule has 0 aromatic heterocycles. The minimum absolute atomic E-state index is 0.854. The van der Waals surface area contributed by atoms with Crippen LogP contribution in [0.1, 0.15) is 6.92 Å². The Kier molecular flexibility index (Phi) is 4.82. The van der Waals surface area contributed by atoms with E-state index in [2.05, 4.69) is 4.74 Å². The van der Waals surface area contributed by atoms with E-state index in [0.717, 1.165) is 0 Å². The van der Waals surface area contributed by atoms with Gasteiger partial charge in [0, 0.05) is 7.11 Å². The molecule has 7 heteroatoms. The van der Waals surface area contributed by atoms with Gasteiger partial charge in [-0.1, -0.05) is 0 Å². The number of amides is 1. The zero-order valence-corrected chi connectivity index (χ0v) is 7.69. The molecule has 1 unspecified atom stereocenters. The summed E-state index contributed by atoms with van der Waals surface area (Å²) in [6.45, 7) is -0.0763. The lowest BCUT2D eigenvalue weighted by molar-refractivity contribution is -0.141. The van der Waals surface area contributed by atoms with Gasteiger partial charge in [0.25, 0.3) is 0 Å². The fourth-order valence-corrected chi connectivity index (χ4v) is 0.533. The van der Waals surface area contributed by atoms with Gasteiger partial charge in [-0.15, -0.1) is 0 Å². The van der Waals surface area contributed by atoms with Gasteiger partial charge >= 0.3 is 12.3 Å². The minimum Gasteiger partial charge on any atom is -0.372 e. The highest BCUT2D eigenvalue weighted by molar-refractivity contribution is 5.80. The van der Waals surface area contributed by atoms with Crippen LogP contribution in [0, 0.1) is 0 Å². The summed E-state index contributed by atoms with van der Waals surface area (Å²) in [7, 11) is 1.20. The van der Waals surface area contributed by atoms with Crippen LogP contribution in [0.15, 0.2) is 0 Å². The van der Waals surface area contributed by atoms with Crippen molar-refractivity contribution in [2.24, 2.45) is 0 Å². The van der Waals surface area contributed by atoms with Gasteiger partial charge in [0.1, 0.15) is 6.10 Å². The Balaban J connectivity index is 4.00. The van der Waals surface area contributed by atoms with Crippen molar-refractivity contribution in [1.82, 2.24) is 5.32 Å². The van der Waals surface area contributed by atoms with E-state index in [1.807, 2.05) is 0 Å². The van der Waals surface area contributed by atoms with E-state index < -0.39 is 30.9 Å². The number of nitrogens with one attached hydrogen (secondary N) is 1. The molecule has 14 heavy (non-hydrogen) atoms. The van der Waals surface area contributed by atoms with Gasteiger partial charge in [0.05, 0.1) is 6.54 Å². The lowest BCUT2D eigenvalue weighted by Gasteiger charge is -2.17. The maximum Gasteiger partial charge on any atom is 0.324 e. The van der Waals surface area contributed by atoms with Crippen LogP contribution in [0.2, 0.25) is 0 Å². The lowest BCUT2D eigenvalue weighted by atomic mass is 10.3. The Morgan fingerprint density at radius 3 is 2.36 bits per heavy atom. The molecule has 1 N–H and O–H groups in total. The number of hydrogen-bond acceptors (Lipinski definition) is 2. The van der Waals surface area contributed by atoms with Gasteiger partial charge in [-0.3, -0.25) is 4.79 Å². The van der Waals surface area contributed by atoms with Crippen LogP contribution in [0.4, 0.5) is 17.6 Å². The van der Waals surface area contributed by atoms with Gasteiger partial charge in [-0.25, -0.2) is 8.78 Å². The summed E-state index contributed by atoms with van der Waals surface area (Å²) >= 11 is 0. The summed E-state index contributed by atoms with van der Waals surface area (Å²) in [6, 6.07) is 0. The fraction of sp³-hybridized carbons (Fsp3) is 0.857. The molecule has 0 aliphatic carbocycles. The molecule has 1 amide bonds. The zero-order chi connectivity index (χ0) is 11.4. The first-order valence-corrected chi connectivity index (χ1v) is 3.77. The van der Waals surface area contributed by atoms with Crippen molar-refractivity contribution in [2.45, 2.75) is 25.4 Å². The van der Waals surface area contributed by atoms with Crippen molar-refractivity contribution in [3.8, 4) is 0 Å². The van der Waals surface area contributed by atoms with E-state index in [1.54, 1.807) is 5.32 Å². The van der Waals surface area contributed by atoms with Crippen LogP contribution in [0.5, 0.6) is 0 Å². The van der Waals surface area contributed by atoms with Crippen LogP contribution in [-0.2, 0) is 9.53 Å². The minimum atomic E-state index is -4.21. The second-order valence-corrected chi connectivity index (χ2v) is 2.66. The molecule has 3 nitrogen and oxygen atoms in total. The predicted octanol–water partition coefficient (Wildman–Crippen LogP) is 1.04. The van der Waals surface area contributed by atoms with Crippen LogP contribution in [0.3, 0.4) is 0 Å². The molecule has 0 aliphatic rings. The molecular weight excluding hydrogens is 206 g/mol. The molecule has 0 aliphatic heterocycles. The molecule has 0 saturated carbocycles. The SMILES string of the molecule is COC(C)C(=O)NCC(F)(F)C(F)F. The summed E-state index contributed by atoms with van der Waals surface area (Å²) < 4.78 is 52.3. The molecule has 0 aromatic carbocycles. The summed E-state index contributed by atoms with van der Waals surface area (Å²) in [5.74, 6) is -5.06. The van der Waals surface area contributed by atoms with Gasteiger partial charge in [-0.2, -0.15) is 8.78 Å². The average Bonchev–Trinajstić information content (AvgIpc) is 2.12. The number of alkyl halides is 4. The van der Waals surface area contributed by atoms with E-state index >= 15 is 0 Å². The highest BCUT2D eigenvalue weighted by Crippen LogP contribution is 2.21. The molecule has 1 atom stereocenters. The summed E-state index contributed by atoms with van der Waals surface area (Å²) in [5, 5.41) is 1.66. The highest BCUT2D eigenvalue weighted by Gasteiger charge is 2.41. The molecule has 0 spiro atoms. The maximum absolute atomic E-state index is 12.3. The van der Waals surface area contributed by atoms with E-state index in [0.29, 0.717) is 0 Å². The molecule has 0 fully saturated rings. The second kappa shape index (κ2) is 5.14. The number of rotatable bonds is 5. The molecular formula is C7H11F4NO2. The smallest absolute Gasteiger partial charge is 0.324 e. The Morgan fingerprint density at radius 1 is 1.50 bits per heavy atom. The van der Waals surface area contributed by atoms with E-state index in [9.17, 15) is 22.4 Å². The van der Waals surface area contributed by atoms with Crippen molar-refractivity contribution < 1.29 is 27.1 Å². The first-order valence-electron chi connectivity index (χ1n) is 3.77. The number of hydrogen-bond donors (Lipinski definition) is 1. The highest BCUT2D eigenvalue weighted by atomic mass is 19.3. The van der Waals surface area contributed by atoms with Crippen LogP contribution in [0.25, 0.3) is 0 Å². The second-order valence-electron chi connectivity index (χ2n) is 2.66. The van der Waals surface area contributed by atoms with Crippen molar-refractivity contribution in [1.29, 1.82) is 0 Å². The van der Waals surface area contributed by atoms with Gasteiger partial charge < -0.3 is 10.1 Å². The number of halogens is 4. The maximum atomic E-state index is 12.3. The molecule has 0 heterocycles. The third-order valence-electron chi connectivity index (χ3n) is 1.54. The van der Waals surface area contributed by atoms with Crippen molar-refractivity contribution in [3.63, 3.8) is 0 Å². The van der Waals surface area contributed by atoms with Crippen LogP contribution >= 0.6 is 0 Å². The van der Waals surface area contributed by atoms with Crippen molar-refractivity contribution in [2.75, 3.05) is 13.7 Å². The van der Waals surface area contributed by atoms with Gasteiger partial charge in [0.15, 0.2) is 0 Å². The van der Waals surface area contributed by atoms with Crippen LogP contribution < -0.4 is 5.32 Å². The third kappa shape index (κ3) is 3.91. The van der Waals surface area contributed by atoms with E-state index in [-0.39, 0.29) is 0 Å². The third-order valence-corrected chi connectivity index (χ3v) is 1.54. The van der Waals surface area contributed by atoms with E-state index in [4.69, 9.17) is 0 Å². The average molecular weight is 217 g/mol. The molecule has 0 rings (SSSR count). The van der Waals surface area contributed by atoms with Gasteiger partial charge in [0.2, 0.25) is 5.91 Å². The zero-order valence-electron chi connectivity index (χ0n) is 7.69. The standard InChI is InChI=1S/C7H11F4NO2/c1-4(14-2)5(13)12-3-7(10,11)6(8)9/h4,6H,3H2,1-2H3,(H,12,13). The summed E-state index contributed by atoms with van der Waals surface area (Å²) in [4.78, 5) is 10.8. The molecule has 0 aromatic rings. The number of methoxy groups -OCH3 is 1.